The molecule has 7 nitrogen and oxygen atoms in total. The van der Waals surface area contributed by atoms with E-state index in [0.29, 0.717) is 19.1 Å². The van der Waals surface area contributed by atoms with Crippen LogP contribution in [0.15, 0.2) is 24.3 Å². The first-order valence-electron chi connectivity index (χ1n) is 14.7. The standard InChI is InChI=1S/C30H44O7/c1-21(2)13-18-31-23-11-9-22(10-12-23)19-32-26-25(24-20-33-29(35-24)14-5-3-6-15-29)34-28-27(26)36-30(37-28)16-7-4-8-17-30/h9-12,21,24-28H,3-8,13-20H2,1-2H3/t24-,25-,26+,27+,28-/m0/s1. The fraction of sp³-hybridized carbons (Fsp3) is 0.800. The number of fused-ring (bicyclic) bond motifs is 1. The zero-order chi connectivity index (χ0) is 25.3. The molecule has 0 bridgehead atoms. The SMILES string of the molecule is CC(C)CCOc1ccc(CO[C@@H]2[C@H]([C@@H]3COC4(CCCCC4)O3)O[C@H]3OC4(CCCCC4)O[C@@H]32)cc1. The van der Waals surface area contributed by atoms with E-state index in [-0.39, 0.29) is 24.4 Å². The maximum Gasteiger partial charge on any atom is 0.190 e. The molecule has 0 unspecified atom stereocenters. The normalized spacial score (nSPS) is 34.4. The van der Waals surface area contributed by atoms with E-state index in [1.54, 1.807) is 0 Å². The zero-order valence-electron chi connectivity index (χ0n) is 22.5. The summed E-state index contributed by atoms with van der Waals surface area (Å²) in [6, 6.07) is 8.20. The quantitative estimate of drug-likeness (QED) is 0.428. The minimum atomic E-state index is -0.521. The fourth-order valence-corrected chi connectivity index (χ4v) is 6.55. The lowest BCUT2D eigenvalue weighted by Crippen LogP contribution is -2.45. The fourth-order valence-electron chi connectivity index (χ4n) is 6.55. The molecule has 1 aromatic carbocycles. The Morgan fingerprint density at radius 3 is 2.24 bits per heavy atom. The minimum absolute atomic E-state index is 0.181. The number of hydrogen-bond acceptors (Lipinski definition) is 7. The summed E-state index contributed by atoms with van der Waals surface area (Å²) in [6.07, 6.45) is 10.4. The summed E-state index contributed by atoms with van der Waals surface area (Å²) in [6.45, 7) is 6.15. The van der Waals surface area contributed by atoms with E-state index in [0.717, 1.165) is 75.7 Å². The molecular weight excluding hydrogens is 472 g/mol. The topological polar surface area (TPSA) is 64.6 Å². The van der Waals surface area contributed by atoms with Gasteiger partial charge in [-0.2, -0.15) is 0 Å². The van der Waals surface area contributed by atoms with E-state index in [2.05, 4.69) is 26.0 Å². The number of hydrogen-bond donors (Lipinski definition) is 0. The molecule has 206 valence electrons. The highest BCUT2D eigenvalue weighted by atomic mass is 16.9. The van der Waals surface area contributed by atoms with Gasteiger partial charge in [-0.1, -0.05) is 38.8 Å². The van der Waals surface area contributed by atoms with Crippen LogP contribution in [0, 0.1) is 5.92 Å². The van der Waals surface area contributed by atoms with Crippen LogP contribution in [0.25, 0.3) is 0 Å². The highest BCUT2D eigenvalue weighted by molar-refractivity contribution is 5.27. The van der Waals surface area contributed by atoms with Gasteiger partial charge in [-0.15, -0.1) is 0 Å². The Morgan fingerprint density at radius 1 is 0.838 bits per heavy atom. The molecule has 0 N–H and O–H groups in total. The maximum atomic E-state index is 6.64. The van der Waals surface area contributed by atoms with Crippen LogP contribution in [-0.2, 0) is 35.0 Å². The van der Waals surface area contributed by atoms with Gasteiger partial charge in [0, 0.05) is 25.7 Å². The van der Waals surface area contributed by atoms with Crippen LogP contribution in [0.5, 0.6) is 5.75 Å². The van der Waals surface area contributed by atoms with Crippen LogP contribution in [0.2, 0.25) is 0 Å². The average molecular weight is 517 g/mol. The molecule has 0 amide bonds. The van der Waals surface area contributed by atoms with E-state index in [1.807, 2.05) is 12.1 Å². The first kappa shape index (κ1) is 26.0. The smallest absolute Gasteiger partial charge is 0.190 e. The second-order valence-corrected chi connectivity index (χ2v) is 12.0. The maximum absolute atomic E-state index is 6.64. The van der Waals surface area contributed by atoms with Gasteiger partial charge < -0.3 is 33.2 Å². The first-order valence-corrected chi connectivity index (χ1v) is 14.7. The van der Waals surface area contributed by atoms with Gasteiger partial charge in [0.15, 0.2) is 17.9 Å². The summed E-state index contributed by atoms with van der Waals surface area (Å²) < 4.78 is 44.9. The Labute approximate surface area is 221 Å². The summed E-state index contributed by atoms with van der Waals surface area (Å²) in [5.74, 6) is 0.557. The predicted molar refractivity (Wildman–Crippen MR) is 137 cm³/mol. The van der Waals surface area contributed by atoms with Gasteiger partial charge >= 0.3 is 0 Å². The van der Waals surface area contributed by atoms with Gasteiger partial charge in [0.25, 0.3) is 0 Å². The molecule has 37 heavy (non-hydrogen) atoms. The molecule has 2 aliphatic carbocycles. The zero-order valence-corrected chi connectivity index (χ0v) is 22.5. The third kappa shape index (κ3) is 5.73. The van der Waals surface area contributed by atoms with Crippen molar-refractivity contribution in [2.24, 2.45) is 5.92 Å². The summed E-state index contributed by atoms with van der Waals surface area (Å²) in [5, 5.41) is 0. The second-order valence-electron chi connectivity index (χ2n) is 12.0. The molecule has 2 saturated carbocycles. The number of ether oxygens (including phenoxy) is 7. The van der Waals surface area contributed by atoms with E-state index < -0.39 is 17.9 Å². The largest absolute Gasteiger partial charge is 0.494 e. The first-order chi connectivity index (χ1) is 18.0. The predicted octanol–water partition coefficient (Wildman–Crippen LogP) is 5.87. The van der Waals surface area contributed by atoms with Gasteiger partial charge in [-0.25, -0.2) is 0 Å². The molecule has 0 aromatic heterocycles. The van der Waals surface area contributed by atoms with Crippen molar-refractivity contribution in [3.05, 3.63) is 29.8 Å². The Bertz CT molecular complexity index is 874. The van der Waals surface area contributed by atoms with Crippen molar-refractivity contribution in [3.8, 4) is 5.75 Å². The van der Waals surface area contributed by atoms with Gasteiger partial charge in [0.1, 0.15) is 30.2 Å². The van der Waals surface area contributed by atoms with Gasteiger partial charge in [0.2, 0.25) is 0 Å². The molecule has 7 heteroatoms. The van der Waals surface area contributed by atoms with Crippen molar-refractivity contribution in [1.82, 2.24) is 0 Å². The highest BCUT2D eigenvalue weighted by Crippen LogP contribution is 2.48. The van der Waals surface area contributed by atoms with Crippen LogP contribution in [0.3, 0.4) is 0 Å². The number of rotatable bonds is 8. The summed E-state index contributed by atoms with van der Waals surface area (Å²) in [4.78, 5) is 0. The van der Waals surface area contributed by atoms with E-state index in [1.165, 1.54) is 12.8 Å². The van der Waals surface area contributed by atoms with Crippen molar-refractivity contribution in [3.63, 3.8) is 0 Å². The molecule has 5 atom stereocenters. The molecular formula is C30H44O7. The highest BCUT2D eigenvalue weighted by Gasteiger charge is 2.61. The van der Waals surface area contributed by atoms with Crippen LogP contribution in [0.4, 0.5) is 0 Å². The molecule has 3 aliphatic heterocycles. The van der Waals surface area contributed by atoms with E-state index in [4.69, 9.17) is 33.2 Å². The Kier molecular flexibility index (Phi) is 7.81. The monoisotopic (exact) mass is 516 g/mol. The molecule has 2 spiro atoms. The Morgan fingerprint density at radius 2 is 1.54 bits per heavy atom. The second kappa shape index (κ2) is 11.1. The van der Waals surface area contributed by atoms with Crippen molar-refractivity contribution in [2.75, 3.05) is 13.2 Å². The van der Waals surface area contributed by atoms with Crippen LogP contribution in [-0.4, -0.2) is 55.5 Å². The Balaban J connectivity index is 1.12. The molecule has 3 heterocycles. The summed E-state index contributed by atoms with van der Waals surface area (Å²) in [5.41, 5.74) is 1.09. The Hall–Kier alpha value is -1.22. The summed E-state index contributed by atoms with van der Waals surface area (Å²) in [7, 11) is 0. The van der Waals surface area contributed by atoms with Gasteiger partial charge in [-0.3, -0.25) is 0 Å². The van der Waals surface area contributed by atoms with E-state index >= 15 is 0 Å². The van der Waals surface area contributed by atoms with Crippen LogP contribution >= 0.6 is 0 Å². The van der Waals surface area contributed by atoms with Crippen molar-refractivity contribution in [2.45, 2.75) is 133 Å². The lowest BCUT2D eigenvalue weighted by Gasteiger charge is -2.35. The van der Waals surface area contributed by atoms with Crippen molar-refractivity contribution >= 4 is 0 Å². The average Bonchev–Trinajstić information content (AvgIpc) is 3.55. The van der Waals surface area contributed by atoms with Crippen LogP contribution < -0.4 is 4.74 Å². The van der Waals surface area contributed by atoms with Crippen molar-refractivity contribution < 1.29 is 33.2 Å². The lowest BCUT2D eigenvalue weighted by molar-refractivity contribution is -0.263. The molecule has 1 aromatic rings. The molecule has 5 aliphatic rings. The third-order valence-corrected chi connectivity index (χ3v) is 8.69. The molecule has 0 radical (unpaired) electrons. The lowest BCUT2D eigenvalue weighted by atomic mass is 9.94. The third-order valence-electron chi connectivity index (χ3n) is 8.69. The summed E-state index contributed by atoms with van der Waals surface area (Å²) >= 11 is 0. The van der Waals surface area contributed by atoms with Crippen LogP contribution in [0.1, 0.15) is 90.0 Å². The van der Waals surface area contributed by atoms with Gasteiger partial charge in [-0.05, 0) is 55.7 Å². The van der Waals surface area contributed by atoms with Crippen molar-refractivity contribution in [1.29, 1.82) is 0 Å². The molecule has 3 saturated heterocycles. The minimum Gasteiger partial charge on any atom is -0.494 e. The molecule has 6 rings (SSSR count). The van der Waals surface area contributed by atoms with Gasteiger partial charge in [0.05, 0.1) is 19.8 Å². The van der Waals surface area contributed by atoms with E-state index in [9.17, 15) is 0 Å². The number of benzene rings is 1. The molecule has 5 fully saturated rings.